The first kappa shape index (κ1) is 16.0. The van der Waals surface area contributed by atoms with E-state index in [-0.39, 0.29) is 5.78 Å². The summed E-state index contributed by atoms with van der Waals surface area (Å²) in [6.07, 6.45) is 1.89. The van der Waals surface area contributed by atoms with Crippen LogP contribution in [-0.2, 0) is 6.54 Å². The van der Waals surface area contributed by atoms with E-state index in [1.54, 1.807) is 6.92 Å². The van der Waals surface area contributed by atoms with Crippen molar-refractivity contribution >= 4 is 38.4 Å². The number of benzene rings is 2. The lowest BCUT2D eigenvalue weighted by molar-refractivity contribution is 0.101. The lowest BCUT2D eigenvalue weighted by atomic mass is 9.98. The van der Waals surface area contributed by atoms with Crippen LogP contribution in [0.25, 0.3) is 32.6 Å². The molecule has 128 valence electrons. The number of aromatic nitrogens is 2. The number of hydrogen-bond acceptors (Lipinski definition) is 3. The molecule has 0 saturated carbocycles. The maximum Gasteiger partial charge on any atom is 0.162 e. The molecule has 0 aliphatic heterocycles. The monoisotopic (exact) mass is 333 g/mol. The van der Waals surface area contributed by atoms with Gasteiger partial charge in [0.2, 0.25) is 0 Å². The molecule has 4 aromatic rings. The predicted octanol–water partition coefficient (Wildman–Crippen LogP) is 4.32. The molecule has 4 nitrogen and oxygen atoms in total. The second kappa shape index (κ2) is 6.12. The predicted molar refractivity (Wildman–Crippen MR) is 104 cm³/mol. The minimum absolute atomic E-state index is 0.0681. The maximum atomic E-state index is 12.1. The van der Waals surface area contributed by atoms with Gasteiger partial charge in [-0.25, -0.2) is 4.98 Å². The van der Waals surface area contributed by atoms with Crippen LogP contribution in [0.3, 0.4) is 0 Å². The van der Waals surface area contributed by atoms with Gasteiger partial charge in [-0.3, -0.25) is 4.79 Å². The molecule has 1 heterocycles. The summed E-state index contributed by atoms with van der Waals surface area (Å²) in [6.45, 7) is 9.99. The van der Waals surface area contributed by atoms with Gasteiger partial charge in [0, 0.05) is 29.4 Å². The summed E-state index contributed by atoms with van der Waals surface area (Å²) in [5, 5.41) is 4.68. The number of ketones is 1. The van der Waals surface area contributed by atoms with Gasteiger partial charge in [0.05, 0.1) is 17.4 Å². The summed E-state index contributed by atoms with van der Waals surface area (Å²) >= 11 is 0. The van der Waals surface area contributed by atoms with E-state index in [0.717, 1.165) is 48.0 Å². The molecule has 0 bridgehead atoms. The second-order valence-electron chi connectivity index (χ2n) is 6.64. The van der Waals surface area contributed by atoms with Gasteiger partial charge in [0.25, 0.3) is 0 Å². The summed E-state index contributed by atoms with van der Waals surface area (Å²) in [5.41, 5.74) is 2.70. The zero-order chi connectivity index (χ0) is 17.6. The van der Waals surface area contributed by atoms with E-state index in [4.69, 9.17) is 0 Å². The van der Waals surface area contributed by atoms with E-state index in [1.807, 2.05) is 12.4 Å². The molecule has 4 heteroatoms. The minimum Gasteiger partial charge on any atom is -0.330 e. The maximum absolute atomic E-state index is 12.1. The van der Waals surface area contributed by atoms with Gasteiger partial charge >= 0.3 is 0 Å². The van der Waals surface area contributed by atoms with Crippen LogP contribution in [0, 0.1) is 0 Å². The minimum atomic E-state index is 0.0681. The Kier molecular flexibility index (Phi) is 3.92. The van der Waals surface area contributed by atoms with E-state index >= 15 is 0 Å². The number of Topliss-reactive ketones (excluding diaryl/α,β-unsaturated/α-hetero) is 1. The van der Waals surface area contributed by atoms with E-state index in [0.29, 0.717) is 5.56 Å². The first-order valence-corrected chi connectivity index (χ1v) is 9.00. The summed E-state index contributed by atoms with van der Waals surface area (Å²) in [4.78, 5) is 19.2. The molecule has 0 fully saturated rings. The summed E-state index contributed by atoms with van der Waals surface area (Å²) in [5.74, 6) is 0.0681. The van der Waals surface area contributed by atoms with Crippen LogP contribution in [0.2, 0.25) is 0 Å². The first-order chi connectivity index (χ1) is 12.1. The number of rotatable bonds is 6. The van der Waals surface area contributed by atoms with Crippen LogP contribution in [0.1, 0.15) is 31.1 Å². The van der Waals surface area contributed by atoms with Crippen molar-refractivity contribution in [3.63, 3.8) is 0 Å². The largest absolute Gasteiger partial charge is 0.330 e. The number of carbonyl (C=O) groups excluding carboxylic acids is 1. The highest BCUT2D eigenvalue weighted by atomic mass is 16.1. The van der Waals surface area contributed by atoms with Crippen LogP contribution >= 0.6 is 0 Å². The Morgan fingerprint density at radius 2 is 1.80 bits per heavy atom. The van der Waals surface area contributed by atoms with Gasteiger partial charge in [-0.05, 0) is 42.9 Å². The second-order valence-corrected chi connectivity index (χ2v) is 6.64. The highest BCUT2D eigenvalue weighted by molar-refractivity contribution is 6.26. The van der Waals surface area contributed by atoms with Gasteiger partial charge in [-0.15, -0.1) is 0 Å². The fourth-order valence-corrected chi connectivity index (χ4v) is 3.84. The van der Waals surface area contributed by atoms with Crippen LogP contribution < -0.4 is 0 Å². The molecule has 0 saturated heterocycles. The Morgan fingerprint density at radius 1 is 1.08 bits per heavy atom. The molecule has 3 aromatic carbocycles. The fraction of sp³-hybridized carbons (Fsp3) is 0.333. The average Bonchev–Trinajstić information content (AvgIpc) is 3.05. The lowest BCUT2D eigenvalue weighted by Crippen LogP contribution is -2.27. The number of nitrogens with zero attached hydrogens (tertiary/aromatic N) is 3. The molecule has 0 radical (unpaired) electrons. The van der Waals surface area contributed by atoms with Crippen molar-refractivity contribution < 1.29 is 4.79 Å². The molecule has 4 rings (SSSR count). The molecular formula is C21H23N3O. The topological polar surface area (TPSA) is 38.1 Å². The Bertz CT molecular complexity index is 1060. The highest BCUT2D eigenvalue weighted by Gasteiger charge is 2.17. The van der Waals surface area contributed by atoms with Crippen molar-refractivity contribution in [2.45, 2.75) is 27.3 Å². The number of carbonyl (C=O) groups is 1. The average molecular weight is 333 g/mol. The van der Waals surface area contributed by atoms with Crippen molar-refractivity contribution in [3.8, 4) is 0 Å². The SMILES string of the molecule is CCN(CC)CCn1cnc2c(C(C)=O)cc3ccc4ccc1c2c43. The van der Waals surface area contributed by atoms with E-state index in [1.165, 1.54) is 10.8 Å². The van der Waals surface area contributed by atoms with Crippen molar-refractivity contribution in [1.82, 2.24) is 14.5 Å². The van der Waals surface area contributed by atoms with Crippen LogP contribution in [0.4, 0.5) is 0 Å². The zero-order valence-corrected chi connectivity index (χ0v) is 15.0. The highest BCUT2D eigenvalue weighted by Crippen LogP contribution is 2.36. The molecule has 0 N–H and O–H groups in total. The van der Waals surface area contributed by atoms with E-state index in [9.17, 15) is 4.79 Å². The summed E-state index contributed by atoms with van der Waals surface area (Å²) in [7, 11) is 0. The first-order valence-electron chi connectivity index (χ1n) is 9.00. The molecular weight excluding hydrogens is 310 g/mol. The van der Waals surface area contributed by atoms with Gasteiger partial charge in [-0.1, -0.05) is 32.0 Å². The Hall–Kier alpha value is -2.46. The summed E-state index contributed by atoms with van der Waals surface area (Å²) in [6, 6.07) is 10.5. The quantitative estimate of drug-likeness (QED) is 0.493. The van der Waals surface area contributed by atoms with Gasteiger partial charge in [0.1, 0.15) is 0 Å². The molecule has 0 aliphatic rings. The van der Waals surface area contributed by atoms with Crippen molar-refractivity contribution in [1.29, 1.82) is 0 Å². The smallest absolute Gasteiger partial charge is 0.162 e. The molecule has 0 spiro atoms. The van der Waals surface area contributed by atoms with Crippen LogP contribution in [0.5, 0.6) is 0 Å². The Morgan fingerprint density at radius 3 is 2.52 bits per heavy atom. The lowest BCUT2D eigenvalue weighted by Gasteiger charge is -2.20. The molecule has 0 amide bonds. The number of hydrogen-bond donors (Lipinski definition) is 0. The van der Waals surface area contributed by atoms with Gasteiger partial charge in [-0.2, -0.15) is 0 Å². The normalized spacial score (nSPS) is 12.2. The van der Waals surface area contributed by atoms with Crippen LogP contribution in [0.15, 0.2) is 36.7 Å². The van der Waals surface area contributed by atoms with Crippen molar-refractivity contribution in [2.75, 3.05) is 19.6 Å². The molecule has 0 unspecified atom stereocenters. The van der Waals surface area contributed by atoms with Crippen molar-refractivity contribution in [3.05, 3.63) is 42.2 Å². The van der Waals surface area contributed by atoms with Gasteiger partial charge < -0.3 is 9.47 Å². The summed E-state index contributed by atoms with van der Waals surface area (Å²) < 4.78 is 2.22. The third-order valence-electron chi connectivity index (χ3n) is 5.30. The fourth-order valence-electron chi connectivity index (χ4n) is 3.84. The van der Waals surface area contributed by atoms with Gasteiger partial charge in [0.15, 0.2) is 5.78 Å². The third-order valence-corrected chi connectivity index (χ3v) is 5.30. The van der Waals surface area contributed by atoms with E-state index < -0.39 is 0 Å². The van der Waals surface area contributed by atoms with Crippen molar-refractivity contribution in [2.24, 2.45) is 0 Å². The van der Waals surface area contributed by atoms with Crippen LogP contribution in [-0.4, -0.2) is 39.9 Å². The Labute approximate surface area is 147 Å². The molecule has 1 aromatic heterocycles. The molecule has 0 aliphatic carbocycles. The zero-order valence-electron chi connectivity index (χ0n) is 15.0. The standard InChI is InChI=1S/C21H23N3O/c1-4-23(5-2)10-11-24-13-22-21-17(14(3)25)12-16-7-6-15-8-9-18(24)20(21)19(15)16/h6-9,12-13H,4-5,10-11H2,1-3H3. The van der Waals surface area contributed by atoms with E-state index in [2.05, 4.69) is 52.6 Å². The molecule has 0 atom stereocenters. The number of likely N-dealkylation sites (N-methyl/N-ethyl adjacent to an activating group) is 1. The Balaban J connectivity index is 1.95. The molecule has 25 heavy (non-hydrogen) atoms. The third kappa shape index (κ3) is 2.48.